The van der Waals surface area contributed by atoms with Crippen LogP contribution in [0.4, 0.5) is 17.6 Å². The van der Waals surface area contributed by atoms with Crippen LogP contribution in [0.2, 0.25) is 0 Å². The lowest BCUT2D eigenvalue weighted by Gasteiger charge is -2.36. The molecule has 0 bridgehead atoms. The SMILES string of the molecule is CC(C)C(C)N1CCN(CC(=O)F)CCN(CC(=O)F)CCN(CC(=O)F)CC1.O=CF. The summed E-state index contributed by atoms with van der Waals surface area (Å²) in [5.41, 5.74) is 0. The molecule has 0 saturated carbocycles. The van der Waals surface area contributed by atoms with Crippen LogP contribution < -0.4 is 0 Å². The van der Waals surface area contributed by atoms with Crippen LogP contribution in [0.25, 0.3) is 0 Å². The van der Waals surface area contributed by atoms with Gasteiger partial charge in [0.2, 0.25) is 0 Å². The van der Waals surface area contributed by atoms with Crippen molar-refractivity contribution in [2.24, 2.45) is 5.92 Å². The van der Waals surface area contributed by atoms with Gasteiger partial charge in [-0.15, -0.1) is 0 Å². The maximum atomic E-state index is 13.0. The Hall–Kier alpha value is -1.76. The van der Waals surface area contributed by atoms with Crippen LogP contribution in [0.15, 0.2) is 0 Å². The van der Waals surface area contributed by atoms with E-state index in [2.05, 4.69) is 25.7 Å². The second-order valence-electron chi connectivity index (χ2n) is 8.00. The maximum absolute atomic E-state index is 13.0. The lowest BCUT2D eigenvalue weighted by atomic mass is 10.0. The third kappa shape index (κ3) is 14.3. The lowest BCUT2D eigenvalue weighted by Crippen LogP contribution is -2.50. The number of carbonyl (C=O) groups is 4. The van der Waals surface area contributed by atoms with E-state index in [-0.39, 0.29) is 45.3 Å². The molecule has 0 aromatic heterocycles. The smallest absolute Gasteiger partial charge is 0.298 e. The third-order valence-electron chi connectivity index (χ3n) is 5.46. The monoisotopic (exact) mass is 470 g/mol. The summed E-state index contributed by atoms with van der Waals surface area (Å²) in [6.45, 7) is 7.37. The minimum absolute atomic E-state index is 0.199. The largest absolute Gasteiger partial charge is 0.315 e. The molecule has 0 amide bonds. The Bertz CT molecular complexity index is 566. The summed E-state index contributed by atoms with van der Waals surface area (Å²) in [6, 6.07) is -4.19. The van der Waals surface area contributed by atoms with Gasteiger partial charge in [-0.05, 0) is 12.8 Å². The lowest BCUT2D eigenvalue weighted by molar-refractivity contribution is -0.132. The second kappa shape index (κ2) is 16.8. The Balaban J connectivity index is 0.00000302. The first kappa shape index (κ1) is 30.2. The number of hydrogen-bond donors (Lipinski definition) is 0. The van der Waals surface area contributed by atoms with Crippen molar-refractivity contribution < 1.29 is 36.7 Å². The molecular weight excluding hydrogens is 436 g/mol. The van der Waals surface area contributed by atoms with Crippen molar-refractivity contribution in [1.29, 1.82) is 0 Å². The highest BCUT2D eigenvalue weighted by atomic mass is 19.1. The van der Waals surface area contributed by atoms with E-state index in [1.165, 1.54) is 4.90 Å². The fourth-order valence-corrected chi connectivity index (χ4v) is 3.38. The number of hydrogen-bond acceptors (Lipinski definition) is 8. The van der Waals surface area contributed by atoms with Gasteiger partial charge < -0.3 is 0 Å². The van der Waals surface area contributed by atoms with Gasteiger partial charge in [0.25, 0.3) is 6.54 Å². The van der Waals surface area contributed by atoms with Crippen molar-refractivity contribution in [1.82, 2.24) is 19.6 Å². The number of nitrogens with zero attached hydrogens (tertiary/aromatic N) is 4. The summed E-state index contributed by atoms with van der Waals surface area (Å²) < 4.78 is 48.6. The first-order valence-corrected chi connectivity index (χ1v) is 10.5. The Morgan fingerprint density at radius 3 is 1.16 bits per heavy atom. The van der Waals surface area contributed by atoms with Crippen LogP contribution in [0, 0.1) is 5.92 Å². The van der Waals surface area contributed by atoms with Gasteiger partial charge in [-0.2, -0.15) is 17.6 Å². The van der Waals surface area contributed by atoms with Gasteiger partial charge in [0.05, 0.1) is 19.6 Å². The van der Waals surface area contributed by atoms with E-state index in [9.17, 15) is 31.9 Å². The topological polar surface area (TPSA) is 81.2 Å². The quantitative estimate of drug-likeness (QED) is 0.294. The Morgan fingerprint density at radius 1 is 0.688 bits per heavy atom. The highest BCUT2D eigenvalue weighted by Crippen LogP contribution is 2.11. The van der Waals surface area contributed by atoms with Crippen LogP contribution in [0.5, 0.6) is 0 Å². The van der Waals surface area contributed by atoms with Crippen LogP contribution in [0.3, 0.4) is 0 Å². The molecular formula is C20H34F4N4O4. The van der Waals surface area contributed by atoms with Crippen molar-refractivity contribution in [3.05, 3.63) is 0 Å². The van der Waals surface area contributed by atoms with Crippen LogP contribution in [-0.2, 0) is 19.2 Å². The zero-order valence-electron chi connectivity index (χ0n) is 18.9. The molecule has 1 unspecified atom stereocenters. The molecule has 1 atom stereocenters. The van der Waals surface area contributed by atoms with Crippen molar-refractivity contribution >= 4 is 24.7 Å². The van der Waals surface area contributed by atoms with Gasteiger partial charge in [0.15, 0.2) is 0 Å². The average Bonchev–Trinajstić information content (AvgIpc) is 2.67. The molecule has 0 radical (unpaired) electrons. The summed E-state index contributed by atoms with van der Waals surface area (Å²) in [4.78, 5) is 48.1. The summed E-state index contributed by atoms with van der Waals surface area (Å²) in [6.07, 6.45) is 0. The van der Waals surface area contributed by atoms with Gasteiger partial charge in [-0.1, -0.05) is 13.8 Å². The van der Waals surface area contributed by atoms with Crippen molar-refractivity contribution in [3.8, 4) is 0 Å². The van der Waals surface area contributed by atoms with Crippen molar-refractivity contribution in [3.63, 3.8) is 0 Å². The molecule has 12 heteroatoms. The first-order chi connectivity index (χ1) is 15.0. The van der Waals surface area contributed by atoms with Crippen LogP contribution in [0.1, 0.15) is 20.8 Å². The Kier molecular flexibility index (Phi) is 15.9. The molecule has 1 heterocycles. The Morgan fingerprint density at radius 2 is 0.938 bits per heavy atom. The zero-order valence-corrected chi connectivity index (χ0v) is 18.9. The van der Waals surface area contributed by atoms with E-state index in [0.717, 1.165) is 0 Å². The first-order valence-electron chi connectivity index (χ1n) is 10.5. The fourth-order valence-electron chi connectivity index (χ4n) is 3.38. The number of halogens is 4. The predicted molar refractivity (Wildman–Crippen MR) is 111 cm³/mol. The molecule has 0 spiro atoms. The van der Waals surface area contributed by atoms with E-state index in [1.54, 1.807) is 9.80 Å². The molecule has 0 aromatic rings. The second-order valence-corrected chi connectivity index (χ2v) is 8.00. The van der Waals surface area contributed by atoms with Gasteiger partial charge in [-0.25, -0.2) is 0 Å². The Labute approximate surface area is 186 Å². The molecule has 0 aliphatic carbocycles. The molecule has 186 valence electrons. The molecule has 0 aromatic carbocycles. The predicted octanol–water partition coefficient (Wildman–Crippen LogP) is 0.887. The zero-order chi connectivity index (χ0) is 24.7. The molecule has 1 fully saturated rings. The standard InChI is InChI=1S/C19H33F3N4O3.CHFO/c1-15(2)16(3)26-10-8-24(13-18(21)28)6-4-23(12-17(20)27)5-7-25(9-11-26)14-19(22)29;2-1-3/h15-16H,4-14H2,1-3H3;1H. The van der Waals surface area contributed by atoms with Gasteiger partial charge >= 0.3 is 18.1 Å². The molecule has 1 aliphatic rings. The van der Waals surface area contributed by atoms with E-state index < -0.39 is 31.2 Å². The minimum atomic E-state index is -1.50. The molecule has 0 N–H and O–H groups in total. The van der Waals surface area contributed by atoms with Crippen LogP contribution >= 0.6 is 0 Å². The van der Waals surface area contributed by atoms with E-state index in [0.29, 0.717) is 32.1 Å². The van der Waals surface area contributed by atoms with Crippen LogP contribution in [-0.4, -0.2) is 122 Å². The fraction of sp³-hybridized carbons (Fsp3) is 0.800. The highest BCUT2D eigenvalue weighted by Gasteiger charge is 2.23. The average molecular weight is 471 g/mol. The van der Waals surface area contributed by atoms with Gasteiger partial charge in [0.1, 0.15) is 0 Å². The maximum Gasteiger partial charge on any atom is 0.315 e. The summed E-state index contributed by atoms with van der Waals surface area (Å²) >= 11 is 0. The molecule has 32 heavy (non-hydrogen) atoms. The van der Waals surface area contributed by atoms with E-state index >= 15 is 0 Å². The van der Waals surface area contributed by atoms with Gasteiger partial charge in [0, 0.05) is 58.4 Å². The van der Waals surface area contributed by atoms with E-state index in [4.69, 9.17) is 4.79 Å². The van der Waals surface area contributed by atoms with Crippen molar-refractivity contribution in [2.45, 2.75) is 26.8 Å². The molecule has 8 nitrogen and oxygen atoms in total. The number of carbonyl (C=O) groups excluding carboxylic acids is 4. The van der Waals surface area contributed by atoms with E-state index in [1.807, 2.05) is 0 Å². The van der Waals surface area contributed by atoms with Crippen molar-refractivity contribution in [2.75, 3.05) is 72.0 Å². The summed E-state index contributed by atoms with van der Waals surface area (Å²) in [5.74, 6) is 0.349. The summed E-state index contributed by atoms with van der Waals surface area (Å²) in [7, 11) is 0. The number of rotatable bonds is 8. The van der Waals surface area contributed by atoms with Gasteiger partial charge in [-0.3, -0.25) is 38.8 Å². The molecule has 1 aliphatic heterocycles. The third-order valence-corrected chi connectivity index (χ3v) is 5.46. The molecule has 1 saturated heterocycles. The minimum Gasteiger partial charge on any atom is -0.298 e. The normalized spacial score (nSPS) is 19.2. The molecule has 1 rings (SSSR count). The summed E-state index contributed by atoms with van der Waals surface area (Å²) in [5, 5.41) is 0. The highest BCUT2D eigenvalue weighted by molar-refractivity contribution is 5.70.